The summed E-state index contributed by atoms with van der Waals surface area (Å²) in [7, 11) is 1.38. The lowest BCUT2D eigenvalue weighted by Crippen LogP contribution is -2.16. The highest BCUT2D eigenvalue weighted by atomic mass is 31.1. The van der Waals surface area contributed by atoms with Crippen molar-refractivity contribution in [3.05, 3.63) is 53.6 Å². The Hall–Kier alpha value is -2.19. The molecule has 127 valence electrons. The van der Waals surface area contributed by atoms with Crippen molar-refractivity contribution >= 4 is 18.9 Å². The van der Waals surface area contributed by atoms with E-state index in [4.69, 9.17) is 9.47 Å². The minimum atomic E-state index is -1.64. The summed E-state index contributed by atoms with van der Waals surface area (Å²) in [6.07, 6.45) is 0.544. The van der Waals surface area contributed by atoms with Crippen LogP contribution in [0.15, 0.2) is 42.5 Å². The fraction of sp³-hybridized carbons (Fsp3) is 0.316. The minimum absolute atomic E-state index is 0.244. The summed E-state index contributed by atoms with van der Waals surface area (Å²) in [4.78, 5) is 13.1. The quantitative estimate of drug-likeness (QED) is 0.561. The van der Waals surface area contributed by atoms with Crippen molar-refractivity contribution in [2.75, 3.05) is 20.4 Å². The van der Waals surface area contributed by atoms with Gasteiger partial charge < -0.3 is 9.47 Å². The zero-order valence-electron chi connectivity index (χ0n) is 14.4. The Balaban J connectivity index is 2.54. The lowest BCUT2D eigenvalue weighted by Gasteiger charge is -2.14. The van der Waals surface area contributed by atoms with Crippen LogP contribution in [0.5, 0.6) is 11.5 Å². The zero-order valence-corrected chi connectivity index (χ0v) is 15.3. The van der Waals surface area contributed by atoms with E-state index in [0.29, 0.717) is 34.1 Å². The molecule has 24 heavy (non-hydrogen) atoms. The van der Waals surface area contributed by atoms with E-state index in [1.54, 1.807) is 42.5 Å². The first-order valence-corrected chi connectivity index (χ1v) is 9.23. The van der Waals surface area contributed by atoms with Gasteiger partial charge in [-0.05, 0) is 30.2 Å². The predicted molar refractivity (Wildman–Crippen MR) is 96.4 cm³/mol. The molecular formula is C19H22O4P. The van der Waals surface area contributed by atoms with Crippen molar-refractivity contribution in [1.29, 1.82) is 0 Å². The summed E-state index contributed by atoms with van der Waals surface area (Å²) in [6.45, 7) is 4.03. The van der Waals surface area contributed by atoms with E-state index in [0.717, 1.165) is 0 Å². The molecule has 0 saturated heterocycles. The lowest BCUT2D eigenvalue weighted by atomic mass is 10.0. The maximum Gasteiger partial charge on any atom is 0.201 e. The lowest BCUT2D eigenvalue weighted by molar-refractivity contribution is 0.103. The first kappa shape index (κ1) is 18.2. The van der Waals surface area contributed by atoms with Gasteiger partial charge in [0.15, 0.2) is 0 Å². The molecule has 0 spiro atoms. The van der Waals surface area contributed by atoms with E-state index in [2.05, 4.69) is 0 Å². The Morgan fingerprint density at radius 2 is 1.58 bits per heavy atom. The number of carbonyl (C=O) groups is 1. The van der Waals surface area contributed by atoms with Gasteiger partial charge >= 0.3 is 0 Å². The molecule has 2 aromatic carbocycles. The van der Waals surface area contributed by atoms with Crippen molar-refractivity contribution in [2.24, 2.45) is 5.92 Å². The molecule has 1 radical (unpaired) electrons. The zero-order chi connectivity index (χ0) is 17.7. The smallest absolute Gasteiger partial charge is 0.201 e. The summed E-state index contributed by atoms with van der Waals surface area (Å²) < 4.78 is 23.3. The molecule has 0 fully saturated rings. The highest BCUT2D eigenvalue weighted by Gasteiger charge is 2.24. The topological polar surface area (TPSA) is 52.6 Å². The van der Waals surface area contributed by atoms with Gasteiger partial charge in [0.2, 0.25) is 5.78 Å². The van der Waals surface area contributed by atoms with Gasteiger partial charge in [0, 0.05) is 17.0 Å². The van der Waals surface area contributed by atoms with Gasteiger partial charge in [-0.3, -0.25) is 9.36 Å². The molecule has 0 aliphatic heterocycles. The Morgan fingerprint density at radius 3 is 2.12 bits per heavy atom. The van der Waals surface area contributed by atoms with Crippen LogP contribution in [-0.4, -0.2) is 26.2 Å². The van der Waals surface area contributed by atoms with E-state index in [-0.39, 0.29) is 11.7 Å². The van der Waals surface area contributed by atoms with E-state index in [1.165, 1.54) is 14.2 Å². The van der Waals surface area contributed by atoms with Crippen LogP contribution in [0.1, 0.15) is 29.8 Å². The van der Waals surface area contributed by atoms with Crippen LogP contribution in [0, 0.1) is 5.92 Å². The molecule has 1 atom stereocenters. The molecule has 0 N–H and O–H groups in total. The summed E-state index contributed by atoms with van der Waals surface area (Å²) >= 11 is 0. The summed E-state index contributed by atoms with van der Waals surface area (Å²) in [6, 6.07) is 12.2. The molecule has 0 saturated carbocycles. The Labute approximate surface area is 143 Å². The maximum absolute atomic E-state index is 13.1. The van der Waals surface area contributed by atoms with Crippen LogP contribution in [-0.2, 0) is 4.57 Å². The second-order valence-corrected chi connectivity index (χ2v) is 7.44. The summed E-state index contributed by atoms with van der Waals surface area (Å²) in [5, 5.41) is 0.583. The predicted octanol–water partition coefficient (Wildman–Crippen LogP) is 4.04. The SMILES string of the molecule is COc1cccc(OC)c1C(=O)c1ccccc1[P](=O)CC(C)C. The van der Waals surface area contributed by atoms with Crippen molar-refractivity contribution in [3.63, 3.8) is 0 Å². The average molecular weight is 345 g/mol. The monoisotopic (exact) mass is 345 g/mol. The van der Waals surface area contributed by atoms with E-state index >= 15 is 0 Å². The average Bonchev–Trinajstić information content (AvgIpc) is 2.59. The van der Waals surface area contributed by atoms with Crippen LogP contribution in [0.3, 0.4) is 0 Å². The van der Waals surface area contributed by atoms with E-state index in [9.17, 15) is 9.36 Å². The molecule has 0 aliphatic carbocycles. The second kappa shape index (κ2) is 8.07. The van der Waals surface area contributed by atoms with Gasteiger partial charge in [0.25, 0.3) is 0 Å². The number of rotatable bonds is 7. The van der Waals surface area contributed by atoms with Gasteiger partial charge in [-0.1, -0.05) is 32.0 Å². The Bertz CT molecular complexity index is 731. The third-order valence-electron chi connectivity index (χ3n) is 3.60. The maximum atomic E-state index is 13.1. The molecule has 2 rings (SSSR count). The van der Waals surface area contributed by atoms with Crippen LogP contribution >= 0.6 is 7.80 Å². The molecule has 4 nitrogen and oxygen atoms in total. The van der Waals surface area contributed by atoms with Gasteiger partial charge in [-0.2, -0.15) is 0 Å². The number of carbonyl (C=O) groups excluding carboxylic acids is 1. The number of ketones is 1. The van der Waals surface area contributed by atoms with Gasteiger partial charge in [-0.15, -0.1) is 0 Å². The molecule has 5 heteroatoms. The number of hydrogen-bond acceptors (Lipinski definition) is 4. The van der Waals surface area contributed by atoms with Crippen LogP contribution in [0.4, 0.5) is 0 Å². The van der Waals surface area contributed by atoms with Gasteiger partial charge in [0.1, 0.15) is 24.9 Å². The number of methoxy groups -OCH3 is 2. The molecule has 0 aliphatic rings. The minimum Gasteiger partial charge on any atom is -0.496 e. The van der Waals surface area contributed by atoms with Gasteiger partial charge in [0.05, 0.1) is 14.2 Å². The molecule has 0 aromatic heterocycles. The highest BCUT2D eigenvalue weighted by Crippen LogP contribution is 2.32. The van der Waals surface area contributed by atoms with Crippen molar-refractivity contribution in [1.82, 2.24) is 0 Å². The first-order valence-electron chi connectivity index (χ1n) is 7.79. The molecule has 0 bridgehead atoms. The molecular weight excluding hydrogens is 323 g/mol. The molecule has 0 heterocycles. The summed E-state index contributed by atoms with van der Waals surface area (Å²) in [5.74, 6) is 0.922. The number of hydrogen-bond donors (Lipinski definition) is 0. The molecule has 2 aromatic rings. The van der Waals surface area contributed by atoms with Crippen molar-refractivity contribution in [2.45, 2.75) is 13.8 Å². The first-order chi connectivity index (χ1) is 11.5. The Morgan fingerprint density at radius 1 is 1.00 bits per heavy atom. The fourth-order valence-electron chi connectivity index (χ4n) is 2.52. The van der Waals surface area contributed by atoms with Crippen molar-refractivity contribution in [3.8, 4) is 11.5 Å². The normalized spacial score (nSPS) is 11.3. The van der Waals surface area contributed by atoms with Gasteiger partial charge in [-0.25, -0.2) is 0 Å². The highest BCUT2D eigenvalue weighted by molar-refractivity contribution is 7.53. The standard InChI is InChI=1S/C19H22O4P/c1-13(2)12-24(21)17-11-6-5-8-14(17)19(20)18-15(22-3)9-7-10-16(18)23-4/h5-11,13H,12H2,1-4H3. The molecule has 0 amide bonds. The fourth-order valence-corrected chi connectivity index (χ4v) is 4.08. The second-order valence-electron chi connectivity index (χ2n) is 5.84. The molecule has 1 unspecified atom stereocenters. The third-order valence-corrected chi connectivity index (χ3v) is 5.59. The summed E-state index contributed by atoms with van der Waals surface area (Å²) in [5.41, 5.74) is 0.782. The third kappa shape index (κ3) is 3.82. The van der Waals surface area contributed by atoms with Crippen molar-refractivity contribution < 1.29 is 18.8 Å². The van der Waals surface area contributed by atoms with E-state index < -0.39 is 7.80 Å². The van der Waals surface area contributed by atoms with E-state index in [1.807, 2.05) is 13.8 Å². The van der Waals surface area contributed by atoms with Crippen LogP contribution in [0.25, 0.3) is 0 Å². The Kier molecular flexibility index (Phi) is 6.10. The number of benzene rings is 2. The van der Waals surface area contributed by atoms with Crippen LogP contribution < -0.4 is 14.8 Å². The van der Waals surface area contributed by atoms with Crippen LogP contribution in [0.2, 0.25) is 0 Å². The largest absolute Gasteiger partial charge is 0.496 e. The number of ether oxygens (including phenoxy) is 2.